The Hall–Kier alpha value is -3.85. The maximum absolute atomic E-state index is 12.6. The van der Waals surface area contributed by atoms with E-state index >= 15 is 0 Å². The second-order valence-corrected chi connectivity index (χ2v) is 9.22. The maximum Gasteiger partial charge on any atom is 0.262 e. The first-order chi connectivity index (χ1) is 17.4. The molecule has 1 aliphatic heterocycles. The standard InChI is InChI=1S/C27H26BrN3O5/c1-35-23-10-2-18(3-11-23)15-29-27(34)19-14-26(33)31(16-19)22-8-12-24(13-9-22)36-17-25(32)30-21-6-4-20(28)5-7-21/h2-13,19H,14-17H2,1H3,(H,29,34)(H,30,32)/t19-/m0/s1. The number of hydrogen-bond acceptors (Lipinski definition) is 5. The van der Waals surface area contributed by atoms with Crippen molar-refractivity contribution in [1.29, 1.82) is 0 Å². The van der Waals surface area contributed by atoms with E-state index in [4.69, 9.17) is 9.47 Å². The Morgan fingerprint density at radius 3 is 2.31 bits per heavy atom. The number of amides is 3. The molecule has 36 heavy (non-hydrogen) atoms. The molecule has 3 aromatic rings. The van der Waals surface area contributed by atoms with Gasteiger partial charge >= 0.3 is 0 Å². The third-order valence-electron chi connectivity index (χ3n) is 5.77. The molecule has 2 N–H and O–H groups in total. The summed E-state index contributed by atoms with van der Waals surface area (Å²) in [7, 11) is 1.60. The first kappa shape index (κ1) is 25.2. The van der Waals surface area contributed by atoms with E-state index in [-0.39, 0.29) is 30.7 Å². The fourth-order valence-electron chi connectivity index (χ4n) is 3.81. The van der Waals surface area contributed by atoms with Gasteiger partial charge in [-0.2, -0.15) is 0 Å². The number of nitrogens with zero attached hydrogens (tertiary/aromatic N) is 1. The Kier molecular flexibility index (Phi) is 8.22. The van der Waals surface area contributed by atoms with Crippen molar-refractivity contribution in [2.75, 3.05) is 30.5 Å². The van der Waals surface area contributed by atoms with E-state index in [0.717, 1.165) is 15.8 Å². The van der Waals surface area contributed by atoms with Crippen LogP contribution in [0.3, 0.4) is 0 Å². The maximum atomic E-state index is 12.6. The number of halogens is 1. The highest BCUT2D eigenvalue weighted by Gasteiger charge is 2.35. The molecule has 0 spiro atoms. The van der Waals surface area contributed by atoms with Gasteiger partial charge in [0.1, 0.15) is 11.5 Å². The van der Waals surface area contributed by atoms with Crippen LogP contribution in [0.4, 0.5) is 11.4 Å². The van der Waals surface area contributed by atoms with E-state index in [1.807, 2.05) is 36.4 Å². The molecule has 1 aliphatic rings. The number of nitrogens with one attached hydrogen (secondary N) is 2. The van der Waals surface area contributed by atoms with Crippen LogP contribution in [0.2, 0.25) is 0 Å². The van der Waals surface area contributed by atoms with Crippen molar-refractivity contribution in [3.63, 3.8) is 0 Å². The Labute approximate surface area is 217 Å². The SMILES string of the molecule is COc1ccc(CNC(=O)[C@H]2CC(=O)N(c3ccc(OCC(=O)Nc4ccc(Br)cc4)cc3)C2)cc1. The summed E-state index contributed by atoms with van der Waals surface area (Å²) in [5.74, 6) is 0.293. The van der Waals surface area contributed by atoms with Gasteiger partial charge in [-0.3, -0.25) is 14.4 Å². The van der Waals surface area contributed by atoms with Gasteiger partial charge in [0.25, 0.3) is 5.91 Å². The van der Waals surface area contributed by atoms with Crippen molar-refractivity contribution in [3.05, 3.63) is 82.8 Å². The molecule has 8 nitrogen and oxygen atoms in total. The Morgan fingerprint density at radius 1 is 0.972 bits per heavy atom. The van der Waals surface area contributed by atoms with Gasteiger partial charge in [-0.1, -0.05) is 28.1 Å². The van der Waals surface area contributed by atoms with Crippen molar-refractivity contribution in [3.8, 4) is 11.5 Å². The molecule has 0 aromatic heterocycles. The van der Waals surface area contributed by atoms with E-state index in [9.17, 15) is 14.4 Å². The summed E-state index contributed by atoms with van der Waals surface area (Å²) in [5.41, 5.74) is 2.31. The largest absolute Gasteiger partial charge is 0.497 e. The van der Waals surface area contributed by atoms with Crippen LogP contribution in [0, 0.1) is 5.92 Å². The van der Waals surface area contributed by atoms with E-state index in [1.165, 1.54) is 0 Å². The number of methoxy groups -OCH3 is 1. The zero-order chi connectivity index (χ0) is 25.5. The minimum absolute atomic E-state index is 0.109. The lowest BCUT2D eigenvalue weighted by Gasteiger charge is -2.17. The van der Waals surface area contributed by atoms with Gasteiger partial charge in [0.2, 0.25) is 11.8 Å². The first-order valence-electron chi connectivity index (χ1n) is 11.4. The van der Waals surface area contributed by atoms with Gasteiger partial charge in [0, 0.05) is 35.4 Å². The summed E-state index contributed by atoms with van der Waals surface area (Å²) >= 11 is 3.35. The summed E-state index contributed by atoms with van der Waals surface area (Å²) in [6, 6.07) is 21.6. The third-order valence-corrected chi connectivity index (χ3v) is 6.30. The molecule has 0 aliphatic carbocycles. The topological polar surface area (TPSA) is 97.0 Å². The lowest BCUT2D eigenvalue weighted by atomic mass is 10.1. The van der Waals surface area contributed by atoms with Crippen LogP contribution in [0.5, 0.6) is 11.5 Å². The van der Waals surface area contributed by atoms with Crippen LogP contribution in [0.1, 0.15) is 12.0 Å². The third kappa shape index (κ3) is 6.63. The van der Waals surface area contributed by atoms with Gasteiger partial charge < -0.3 is 25.0 Å². The second-order valence-electron chi connectivity index (χ2n) is 8.31. The lowest BCUT2D eigenvalue weighted by molar-refractivity contribution is -0.126. The normalized spacial score (nSPS) is 14.9. The van der Waals surface area contributed by atoms with Crippen molar-refractivity contribution in [2.24, 2.45) is 5.92 Å². The molecule has 0 bridgehead atoms. The number of carbonyl (C=O) groups excluding carboxylic acids is 3. The second kappa shape index (κ2) is 11.7. The molecule has 0 unspecified atom stereocenters. The molecule has 9 heteroatoms. The molecule has 4 rings (SSSR count). The van der Waals surface area contributed by atoms with Crippen LogP contribution in [0.25, 0.3) is 0 Å². The van der Waals surface area contributed by atoms with Crippen LogP contribution < -0.4 is 25.0 Å². The Balaban J connectivity index is 1.25. The van der Waals surface area contributed by atoms with Crippen LogP contribution in [0.15, 0.2) is 77.3 Å². The number of carbonyl (C=O) groups is 3. The highest BCUT2D eigenvalue weighted by Crippen LogP contribution is 2.27. The van der Waals surface area contributed by atoms with Gasteiger partial charge in [0.15, 0.2) is 6.61 Å². The number of benzene rings is 3. The van der Waals surface area contributed by atoms with Crippen molar-refractivity contribution in [2.45, 2.75) is 13.0 Å². The zero-order valence-corrected chi connectivity index (χ0v) is 21.3. The lowest BCUT2D eigenvalue weighted by Crippen LogP contribution is -2.32. The number of ether oxygens (including phenoxy) is 2. The van der Waals surface area contributed by atoms with Crippen LogP contribution in [-0.2, 0) is 20.9 Å². The molecule has 3 aromatic carbocycles. The summed E-state index contributed by atoms with van der Waals surface area (Å²) in [6.45, 7) is 0.548. The van der Waals surface area contributed by atoms with E-state index in [2.05, 4.69) is 26.6 Å². The first-order valence-corrected chi connectivity index (χ1v) is 12.2. The smallest absolute Gasteiger partial charge is 0.262 e. The Morgan fingerprint density at radius 2 is 1.64 bits per heavy atom. The molecule has 0 saturated carbocycles. The molecule has 0 radical (unpaired) electrons. The van der Waals surface area contributed by atoms with Crippen molar-refractivity contribution >= 4 is 45.0 Å². The monoisotopic (exact) mass is 551 g/mol. The average Bonchev–Trinajstić information content (AvgIpc) is 3.29. The Bertz CT molecular complexity index is 1210. The fraction of sp³-hybridized carbons (Fsp3) is 0.222. The number of hydrogen-bond donors (Lipinski definition) is 2. The highest BCUT2D eigenvalue weighted by molar-refractivity contribution is 9.10. The van der Waals surface area contributed by atoms with Gasteiger partial charge in [-0.15, -0.1) is 0 Å². The van der Waals surface area contributed by atoms with Gasteiger partial charge in [-0.05, 0) is 66.2 Å². The van der Waals surface area contributed by atoms with E-state index in [0.29, 0.717) is 30.2 Å². The molecule has 1 atom stereocenters. The molecule has 186 valence electrons. The predicted molar refractivity (Wildman–Crippen MR) is 140 cm³/mol. The summed E-state index contributed by atoms with van der Waals surface area (Å²) in [4.78, 5) is 38.9. The van der Waals surface area contributed by atoms with E-state index < -0.39 is 5.92 Å². The highest BCUT2D eigenvalue weighted by atomic mass is 79.9. The van der Waals surface area contributed by atoms with Crippen LogP contribution >= 0.6 is 15.9 Å². The predicted octanol–water partition coefficient (Wildman–Crippen LogP) is 4.14. The molecule has 1 saturated heterocycles. The van der Waals surface area contributed by atoms with Crippen LogP contribution in [-0.4, -0.2) is 38.0 Å². The molecular formula is C27H26BrN3O5. The van der Waals surface area contributed by atoms with Gasteiger partial charge in [0.05, 0.1) is 13.0 Å². The van der Waals surface area contributed by atoms with Crippen molar-refractivity contribution in [1.82, 2.24) is 5.32 Å². The van der Waals surface area contributed by atoms with Crippen molar-refractivity contribution < 1.29 is 23.9 Å². The number of rotatable bonds is 9. The molecule has 1 fully saturated rings. The van der Waals surface area contributed by atoms with Gasteiger partial charge in [-0.25, -0.2) is 0 Å². The summed E-state index contributed by atoms with van der Waals surface area (Å²) < 4.78 is 11.6. The fourth-order valence-corrected chi connectivity index (χ4v) is 4.08. The summed E-state index contributed by atoms with van der Waals surface area (Å²) in [5, 5.41) is 5.67. The summed E-state index contributed by atoms with van der Waals surface area (Å²) in [6.07, 6.45) is 0.156. The average molecular weight is 552 g/mol. The zero-order valence-electron chi connectivity index (χ0n) is 19.7. The van der Waals surface area contributed by atoms with E-state index in [1.54, 1.807) is 48.4 Å². The minimum atomic E-state index is -0.422. The number of anilines is 2. The molecule has 1 heterocycles. The minimum Gasteiger partial charge on any atom is -0.497 e. The molecule has 3 amide bonds. The molecular weight excluding hydrogens is 526 g/mol. The quantitative estimate of drug-likeness (QED) is 0.416.